The Balaban J connectivity index is 3.05. The molecule has 0 aromatic carbocycles. The highest BCUT2D eigenvalue weighted by Gasteiger charge is 1.94. The van der Waals surface area contributed by atoms with E-state index >= 15 is 0 Å². The Morgan fingerprint density at radius 2 is 2.88 bits per heavy atom. The predicted octanol–water partition coefficient (Wildman–Crippen LogP) is 0.210. The fourth-order valence-corrected chi connectivity index (χ4v) is 0.476. The van der Waals surface area contributed by atoms with E-state index in [2.05, 4.69) is 9.97 Å². The van der Waals surface area contributed by atoms with Gasteiger partial charge in [-0.05, 0) is 6.92 Å². The first kappa shape index (κ1) is 3.25. The summed E-state index contributed by atoms with van der Waals surface area (Å²) in [5.74, 6) is 0. The Hall–Kier alpha value is -0.830. The van der Waals surface area contributed by atoms with Gasteiger partial charge in [-0.2, -0.15) is 0 Å². The molecule has 0 amide bonds. The fraction of sp³-hybridized carbons (Fsp3) is 0.400. The number of aromatic amines is 1. The number of H-pyrrole nitrogens is 1. The number of aliphatic hydroxyl groups is 1. The standard InChI is InChI=1S/C5H8N2O/c1-4-5(2-8)7-3-6-4/h3,8H,2H2,1H3,(H,6,7)/i2D2. The van der Waals surface area contributed by atoms with Crippen molar-refractivity contribution in [2.75, 3.05) is 0 Å². The van der Waals surface area contributed by atoms with Crippen LogP contribution >= 0.6 is 0 Å². The normalized spacial score (nSPS) is 15.2. The molecule has 0 aliphatic rings. The van der Waals surface area contributed by atoms with E-state index in [-0.39, 0.29) is 5.69 Å². The molecule has 0 bridgehead atoms. The number of imidazole rings is 1. The Morgan fingerprint density at radius 1 is 2.12 bits per heavy atom. The van der Waals surface area contributed by atoms with Crippen molar-refractivity contribution in [1.29, 1.82) is 0 Å². The summed E-state index contributed by atoms with van der Waals surface area (Å²) >= 11 is 0. The van der Waals surface area contributed by atoms with Gasteiger partial charge in [0.05, 0.1) is 27.0 Å². The third-order valence-electron chi connectivity index (χ3n) is 0.941. The van der Waals surface area contributed by atoms with Gasteiger partial charge in [0, 0.05) is 0 Å². The van der Waals surface area contributed by atoms with Crippen molar-refractivity contribution in [2.45, 2.75) is 13.5 Å². The quantitative estimate of drug-likeness (QED) is 0.548. The maximum atomic E-state index is 8.82. The molecule has 0 fully saturated rings. The van der Waals surface area contributed by atoms with E-state index in [4.69, 9.17) is 7.85 Å². The Bertz CT molecular complexity index is 228. The van der Waals surface area contributed by atoms with E-state index in [0.29, 0.717) is 5.69 Å². The predicted molar refractivity (Wildman–Crippen MR) is 29.2 cm³/mol. The lowest BCUT2D eigenvalue weighted by Gasteiger charge is -1.86. The SMILES string of the molecule is [2H]C([2H])(O)c1[nH]cnc1C. The highest BCUT2D eigenvalue weighted by Crippen LogP contribution is 1.97. The Kier molecular flexibility index (Phi) is 0.796. The summed E-state index contributed by atoms with van der Waals surface area (Å²) in [7, 11) is 0. The van der Waals surface area contributed by atoms with Crippen LogP contribution in [-0.4, -0.2) is 15.1 Å². The zero-order chi connectivity index (χ0) is 7.78. The van der Waals surface area contributed by atoms with Gasteiger partial charge < -0.3 is 10.1 Å². The maximum Gasteiger partial charge on any atom is 0.0925 e. The van der Waals surface area contributed by atoms with Crippen LogP contribution in [0.3, 0.4) is 0 Å². The number of aryl methyl sites for hydroxylation is 1. The summed E-state index contributed by atoms with van der Waals surface area (Å²) in [6, 6.07) is 0. The van der Waals surface area contributed by atoms with E-state index < -0.39 is 6.56 Å². The smallest absolute Gasteiger partial charge is 0.0925 e. The van der Waals surface area contributed by atoms with Crippen molar-refractivity contribution < 1.29 is 7.85 Å². The van der Waals surface area contributed by atoms with Crippen LogP contribution in [-0.2, 0) is 6.56 Å². The highest BCUT2D eigenvalue weighted by atomic mass is 16.3. The first-order chi connectivity index (χ1) is 4.52. The largest absolute Gasteiger partial charge is 0.390 e. The number of aromatic nitrogens is 2. The summed E-state index contributed by atoms with van der Waals surface area (Å²) in [6.45, 7) is -0.680. The van der Waals surface area contributed by atoms with Crippen LogP contribution in [0.1, 0.15) is 14.1 Å². The first-order valence-electron chi connectivity index (χ1n) is 3.24. The van der Waals surface area contributed by atoms with Gasteiger partial charge in [-0.25, -0.2) is 4.98 Å². The summed E-state index contributed by atoms with van der Waals surface area (Å²) < 4.78 is 13.8. The second kappa shape index (κ2) is 1.96. The Labute approximate surface area is 50.2 Å². The minimum absolute atomic E-state index is 0.118. The van der Waals surface area contributed by atoms with Crippen LogP contribution in [0.15, 0.2) is 6.33 Å². The van der Waals surface area contributed by atoms with Crippen molar-refractivity contribution in [3.63, 3.8) is 0 Å². The minimum Gasteiger partial charge on any atom is -0.390 e. The minimum atomic E-state index is -2.30. The van der Waals surface area contributed by atoms with Gasteiger partial charge in [-0.15, -0.1) is 0 Å². The second-order valence-corrected chi connectivity index (χ2v) is 1.47. The van der Waals surface area contributed by atoms with Gasteiger partial charge in [-0.3, -0.25) is 0 Å². The number of nitrogens with zero attached hydrogens (tertiary/aromatic N) is 1. The molecule has 0 atom stereocenters. The number of rotatable bonds is 1. The molecule has 0 radical (unpaired) electrons. The van der Waals surface area contributed by atoms with Crippen LogP contribution in [0.2, 0.25) is 0 Å². The van der Waals surface area contributed by atoms with E-state index in [0.717, 1.165) is 0 Å². The highest BCUT2D eigenvalue weighted by molar-refractivity contribution is 5.06. The van der Waals surface area contributed by atoms with Crippen LogP contribution < -0.4 is 0 Å². The fourth-order valence-electron chi connectivity index (χ4n) is 0.476. The number of nitrogens with one attached hydrogen (secondary N) is 1. The molecule has 0 saturated carbocycles. The summed E-state index contributed by atoms with van der Waals surface area (Å²) in [6.07, 6.45) is 1.35. The van der Waals surface area contributed by atoms with Crippen molar-refractivity contribution in [3.05, 3.63) is 17.7 Å². The van der Waals surface area contributed by atoms with E-state index in [1.165, 1.54) is 6.33 Å². The lowest BCUT2D eigenvalue weighted by atomic mass is 10.4. The molecule has 0 aliphatic heterocycles. The van der Waals surface area contributed by atoms with E-state index in [1.54, 1.807) is 6.92 Å². The molecule has 0 aliphatic carbocycles. The molecule has 2 N–H and O–H groups in total. The van der Waals surface area contributed by atoms with Crippen molar-refractivity contribution in [2.24, 2.45) is 0 Å². The van der Waals surface area contributed by atoms with Crippen molar-refractivity contribution in [1.82, 2.24) is 9.97 Å². The molecule has 0 unspecified atom stereocenters. The second-order valence-electron chi connectivity index (χ2n) is 1.47. The third kappa shape index (κ3) is 0.721. The van der Waals surface area contributed by atoms with Crippen molar-refractivity contribution in [3.8, 4) is 0 Å². The van der Waals surface area contributed by atoms with Crippen LogP contribution in [0, 0.1) is 6.92 Å². The monoisotopic (exact) mass is 114 g/mol. The van der Waals surface area contributed by atoms with E-state index in [1.807, 2.05) is 0 Å². The van der Waals surface area contributed by atoms with Gasteiger partial charge in [-0.1, -0.05) is 0 Å². The number of hydrogen-bond donors (Lipinski definition) is 2. The molecule has 1 aromatic heterocycles. The summed E-state index contributed by atoms with van der Waals surface area (Å²) in [4.78, 5) is 6.24. The zero-order valence-corrected chi connectivity index (χ0v) is 4.47. The van der Waals surface area contributed by atoms with Gasteiger partial charge in [0.15, 0.2) is 0 Å². The molecule has 0 saturated heterocycles. The molecule has 44 valence electrons. The van der Waals surface area contributed by atoms with Gasteiger partial charge in [0.25, 0.3) is 0 Å². The molecule has 1 aromatic rings. The lowest BCUT2D eigenvalue weighted by Crippen LogP contribution is -1.84. The van der Waals surface area contributed by atoms with Gasteiger partial charge in [0.1, 0.15) is 0 Å². The van der Waals surface area contributed by atoms with Crippen LogP contribution in [0.4, 0.5) is 0 Å². The third-order valence-corrected chi connectivity index (χ3v) is 0.941. The molecule has 8 heavy (non-hydrogen) atoms. The van der Waals surface area contributed by atoms with E-state index in [9.17, 15) is 0 Å². The Morgan fingerprint density at radius 3 is 3.12 bits per heavy atom. The molecule has 3 heteroatoms. The lowest BCUT2D eigenvalue weighted by molar-refractivity contribution is 0.276. The number of hydrogen-bond acceptors (Lipinski definition) is 2. The van der Waals surface area contributed by atoms with Crippen LogP contribution in [0.5, 0.6) is 0 Å². The molecular weight excluding hydrogens is 104 g/mol. The van der Waals surface area contributed by atoms with Gasteiger partial charge >= 0.3 is 0 Å². The molecule has 1 heterocycles. The average Bonchev–Trinajstić information content (AvgIpc) is 2.11. The molecular formula is C5H8N2O. The molecule has 0 spiro atoms. The van der Waals surface area contributed by atoms with Gasteiger partial charge in [0.2, 0.25) is 0 Å². The zero-order valence-electron chi connectivity index (χ0n) is 6.47. The first-order valence-corrected chi connectivity index (χ1v) is 2.24. The molecule has 1 rings (SSSR count). The molecule has 3 nitrogen and oxygen atoms in total. The maximum absolute atomic E-state index is 8.82. The van der Waals surface area contributed by atoms with Crippen molar-refractivity contribution >= 4 is 0 Å². The summed E-state index contributed by atoms with van der Waals surface area (Å²) in [5, 5.41) is 8.82. The van der Waals surface area contributed by atoms with Crippen LogP contribution in [0.25, 0.3) is 0 Å². The summed E-state index contributed by atoms with van der Waals surface area (Å²) in [5.41, 5.74) is 0.597. The average molecular weight is 114 g/mol. The topological polar surface area (TPSA) is 48.9 Å².